The average Bonchev–Trinajstić information content (AvgIpc) is 2.84. The van der Waals surface area contributed by atoms with Crippen molar-refractivity contribution in [3.05, 3.63) is 84.1 Å². The van der Waals surface area contributed by atoms with Crippen LogP contribution in [0.1, 0.15) is 11.1 Å². The summed E-state index contributed by atoms with van der Waals surface area (Å²) in [6.45, 7) is 4.05. The number of urea groups is 1. The quantitative estimate of drug-likeness (QED) is 0.530. The number of aromatic nitrogens is 1. The lowest BCUT2D eigenvalue weighted by Gasteiger charge is -2.34. The Morgan fingerprint density at radius 1 is 1.00 bits per heavy atom. The zero-order valence-corrected chi connectivity index (χ0v) is 19.1. The molecule has 6 nitrogen and oxygen atoms in total. The number of carbonyl (C=O) groups is 1. The fourth-order valence-electron chi connectivity index (χ4n) is 3.63. The number of hydrogen-bond acceptors (Lipinski definition) is 5. The molecule has 0 bridgehead atoms. The van der Waals surface area contributed by atoms with Gasteiger partial charge in [-0.3, -0.25) is 4.90 Å². The van der Waals surface area contributed by atoms with Crippen LogP contribution in [0.5, 0.6) is 5.75 Å². The van der Waals surface area contributed by atoms with Crippen molar-refractivity contribution in [2.45, 2.75) is 17.3 Å². The number of methoxy groups -OCH3 is 1. The molecule has 0 radical (unpaired) electrons. The molecule has 0 spiro atoms. The van der Waals surface area contributed by atoms with Crippen LogP contribution < -0.4 is 10.1 Å². The van der Waals surface area contributed by atoms with Gasteiger partial charge in [0.2, 0.25) is 0 Å². The SMILES string of the molecule is COc1ccc(CN2CCN(C(=O)Nc3cccc(CSc4ccccn4)c3)CC2)cc1. The van der Waals surface area contributed by atoms with Gasteiger partial charge < -0.3 is 15.0 Å². The third-order valence-electron chi connectivity index (χ3n) is 5.43. The molecular formula is C25H28N4O2S. The highest BCUT2D eigenvalue weighted by atomic mass is 32.2. The molecule has 1 fully saturated rings. The number of nitrogens with zero attached hydrogens (tertiary/aromatic N) is 3. The van der Waals surface area contributed by atoms with Crippen LogP contribution in [0.25, 0.3) is 0 Å². The normalized spacial score (nSPS) is 14.2. The van der Waals surface area contributed by atoms with Crippen LogP contribution in [-0.2, 0) is 12.3 Å². The molecule has 32 heavy (non-hydrogen) atoms. The van der Waals surface area contributed by atoms with Gasteiger partial charge in [0.05, 0.1) is 12.1 Å². The molecule has 1 aliphatic heterocycles. The topological polar surface area (TPSA) is 57.7 Å². The predicted octanol–water partition coefficient (Wildman–Crippen LogP) is 4.73. The third-order valence-corrected chi connectivity index (χ3v) is 6.44. The van der Waals surface area contributed by atoms with Crippen LogP contribution in [0.3, 0.4) is 0 Å². The number of benzene rings is 2. The first-order valence-electron chi connectivity index (χ1n) is 10.7. The molecule has 0 atom stereocenters. The maximum atomic E-state index is 12.8. The predicted molar refractivity (Wildman–Crippen MR) is 129 cm³/mol. The van der Waals surface area contributed by atoms with Crippen molar-refractivity contribution in [3.63, 3.8) is 0 Å². The van der Waals surface area contributed by atoms with Crippen molar-refractivity contribution in [2.75, 3.05) is 38.6 Å². The van der Waals surface area contributed by atoms with Crippen molar-refractivity contribution in [1.82, 2.24) is 14.8 Å². The van der Waals surface area contributed by atoms with E-state index >= 15 is 0 Å². The van der Waals surface area contributed by atoms with Gasteiger partial charge in [0, 0.05) is 50.4 Å². The second-order valence-electron chi connectivity index (χ2n) is 7.70. The minimum absolute atomic E-state index is 0.0383. The van der Waals surface area contributed by atoms with E-state index < -0.39 is 0 Å². The molecule has 3 aromatic rings. The van der Waals surface area contributed by atoms with E-state index in [0.717, 1.165) is 60.5 Å². The Balaban J connectivity index is 1.24. The summed E-state index contributed by atoms with van der Waals surface area (Å²) in [5.74, 6) is 1.68. The van der Waals surface area contributed by atoms with Gasteiger partial charge >= 0.3 is 6.03 Å². The van der Waals surface area contributed by atoms with Gasteiger partial charge in [-0.1, -0.05) is 30.3 Å². The van der Waals surface area contributed by atoms with E-state index in [-0.39, 0.29) is 6.03 Å². The zero-order chi connectivity index (χ0) is 22.2. The molecule has 2 heterocycles. The fourth-order valence-corrected chi connectivity index (χ4v) is 4.43. The van der Waals surface area contributed by atoms with Crippen LogP contribution in [-0.4, -0.2) is 54.1 Å². The molecule has 1 saturated heterocycles. The largest absolute Gasteiger partial charge is 0.497 e. The van der Waals surface area contributed by atoms with Crippen molar-refractivity contribution in [3.8, 4) is 5.75 Å². The molecule has 2 aromatic carbocycles. The molecule has 0 unspecified atom stereocenters. The first kappa shape index (κ1) is 22.2. The number of anilines is 1. The van der Waals surface area contributed by atoms with Gasteiger partial charge in [-0.15, -0.1) is 11.8 Å². The number of amides is 2. The van der Waals surface area contributed by atoms with E-state index in [1.807, 2.05) is 53.4 Å². The highest BCUT2D eigenvalue weighted by Gasteiger charge is 2.21. The number of nitrogens with one attached hydrogen (secondary N) is 1. The minimum Gasteiger partial charge on any atom is -0.497 e. The van der Waals surface area contributed by atoms with E-state index in [2.05, 4.69) is 33.4 Å². The fraction of sp³-hybridized carbons (Fsp3) is 0.280. The van der Waals surface area contributed by atoms with E-state index in [1.165, 1.54) is 5.56 Å². The third kappa shape index (κ3) is 6.24. The van der Waals surface area contributed by atoms with Gasteiger partial charge in [-0.25, -0.2) is 9.78 Å². The lowest BCUT2D eigenvalue weighted by atomic mass is 10.2. The second-order valence-corrected chi connectivity index (χ2v) is 8.69. The molecule has 1 aliphatic rings. The summed E-state index contributed by atoms with van der Waals surface area (Å²) >= 11 is 1.69. The Kier molecular flexibility index (Phi) is 7.64. The summed E-state index contributed by atoms with van der Waals surface area (Å²) in [6, 6.07) is 22.1. The number of ether oxygens (including phenoxy) is 1. The number of piperazine rings is 1. The Labute approximate surface area is 193 Å². The van der Waals surface area contributed by atoms with Crippen LogP contribution in [0.2, 0.25) is 0 Å². The molecule has 0 saturated carbocycles. The van der Waals surface area contributed by atoms with E-state index in [9.17, 15) is 4.79 Å². The van der Waals surface area contributed by atoms with Gasteiger partial charge in [0.15, 0.2) is 0 Å². The number of rotatable bonds is 7. The standard InChI is InChI=1S/C25H28N4O2S/c1-31-23-10-8-20(9-11-23)18-28-13-15-29(16-14-28)25(30)27-22-6-4-5-21(17-22)19-32-24-7-2-3-12-26-24/h2-12,17H,13-16,18-19H2,1H3,(H,27,30). The van der Waals surface area contributed by atoms with Gasteiger partial charge in [0.1, 0.15) is 5.75 Å². The summed E-state index contributed by atoms with van der Waals surface area (Å²) in [6.07, 6.45) is 1.80. The number of pyridine rings is 1. The van der Waals surface area contributed by atoms with Crippen molar-refractivity contribution >= 4 is 23.5 Å². The minimum atomic E-state index is -0.0383. The molecule has 166 valence electrons. The summed E-state index contributed by atoms with van der Waals surface area (Å²) in [5.41, 5.74) is 3.24. The Hall–Kier alpha value is -3.03. The molecule has 2 amide bonds. The van der Waals surface area contributed by atoms with E-state index in [1.54, 1.807) is 25.1 Å². The molecule has 4 rings (SSSR count). The van der Waals surface area contributed by atoms with Gasteiger partial charge in [0.25, 0.3) is 0 Å². The first-order chi connectivity index (χ1) is 15.7. The molecule has 1 aromatic heterocycles. The molecular weight excluding hydrogens is 420 g/mol. The Bertz CT molecular complexity index is 1010. The number of hydrogen-bond donors (Lipinski definition) is 1. The molecule has 1 N–H and O–H groups in total. The monoisotopic (exact) mass is 448 g/mol. The van der Waals surface area contributed by atoms with Gasteiger partial charge in [-0.05, 0) is 47.5 Å². The maximum Gasteiger partial charge on any atom is 0.321 e. The van der Waals surface area contributed by atoms with Crippen LogP contribution in [0.15, 0.2) is 78.0 Å². The van der Waals surface area contributed by atoms with E-state index in [0.29, 0.717) is 0 Å². The van der Waals surface area contributed by atoms with Crippen LogP contribution >= 0.6 is 11.8 Å². The molecule has 7 heteroatoms. The van der Waals surface area contributed by atoms with Crippen LogP contribution in [0.4, 0.5) is 10.5 Å². The van der Waals surface area contributed by atoms with Gasteiger partial charge in [-0.2, -0.15) is 0 Å². The van der Waals surface area contributed by atoms with E-state index in [4.69, 9.17) is 4.74 Å². The lowest BCUT2D eigenvalue weighted by Crippen LogP contribution is -2.49. The maximum absolute atomic E-state index is 12.8. The summed E-state index contributed by atoms with van der Waals surface area (Å²) in [5, 5.41) is 4.05. The summed E-state index contributed by atoms with van der Waals surface area (Å²) < 4.78 is 5.22. The van der Waals surface area contributed by atoms with Crippen LogP contribution in [0, 0.1) is 0 Å². The smallest absolute Gasteiger partial charge is 0.321 e. The van der Waals surface area contributed by atoms with Crippen molar-refractivity contribution in [1.29, 1.82) is 0 Å². The number of carbonyl (C=O) groups excluding carboxylic acids is 1. The number of thioether (sulfide) groups is 1. The average molecular weight is 449 g/mol. The summed E-state index contributed by atoms with van der Waals surface area (Å²) in [7, 11) is 1.68. The highest BCUT2D eigenvalue weighted by Crippen LogP contribution is 2.22. The first-order valence-corrected chi connectivity index (χ1v) is 11.7. The Morgan fingerprint density at radius 3 is 2.53 bits per heavy atom. The highest BCUT2D eigenvalue weighted by molar-refractivity contribution is 7.98. The Morgan fingerprint density at radius 2 is 1.81 bits per heavy atom. The summed E-state index contributed by atoms with van der Waals surface area (Å²) in [4.78, 5) is 21.4. The second kappa shape index (κ2) is 11.0. The molecule has 0 aliphatic carbocycles. The van der Waals surface area contributed by atoms with Crippen molar-refractivity contribution in [2.24, 2.45) is 0 Å². The lowest BCUT2D eigenvalue weighted by molar-refractivity contribution is 0.143. The van der Waals surface area contributed by atoms with Crippen molar-refractivity contribution < 1.29 is 9.53 Å². The zero-order valence-electron chi connectivity index (χ0n) is 18.2.